The van der Waals surface area contributed by atoms with Crippen LogP contribution in [-0.4, -0.2) is 5.78 Å². The van der Waals surface area contributed by atoms with E-state index >= 15 is 0 Å². The van der Waals surface area contributed by atoms with E-state index in [4.69, 9.17) is 0 Å². The van der Waals surface area contributed by atoms with Crippen LogP contribution in [0.4, 0.5) is 0 Å². The molecular formula is C15H9BrOS. The van der Waals surface area contributed by atoms with Crippen molar-refractivity contribution in [3.63, 3.8) is 0 Å². The summed E-state index contributed by atoms with van der Waals surface area (Å²) in [4.78, 5) is 12.2. The first-order chi connectivity index (χ1) is 8.74. The lowest BCUT2D eigenvalue weighted by Crippen LogP contribution is -1.98. The molecule has 0 saturated heterocycles. The third kappa shape index (κ3) is 2.11. The maximum atomic E-state index is 12.2. The Kier molecular flexibility index (Phi) is 3.02. The molecule has 2 aromatic carbocycles. The summed E-state index contributed by atoms with van der Waals surface area (Å²) in [6, 6.07) is 13.7. The minimum atomic E-state index is 0.0843. The van der Waals surface area contributed by atoms with E-state index in [2.05, 4.69) is 15.9 Å². The summed E-state index contributed by atoms with van der Waals surface area (Å²) in [7, 11) is 0. The van der Waals surface area contributed by atoms with E-state index in [9.17, 15) is 4.79 Å². The average molecular weight is 317 g/mol. The fourth-order valence-corrected chi connectivity index (χ4v) is 2.93. The molecule has 0 amide bonds. The molecule has 0 fully saturated rings. The summed E-state index contributed by atoms with van der Waals surface area (Å²) < 4.78 is 1.05. The zero-order chi connectivity index (χ0) is 12.5. The number of ketones is 1. The van der Waals surface area contributed by atoms with Crippen LogP contribution in [-0.2, 0) is 0 Å². The van der Waals surface area contributed by atoms with E-state index in [1.807, 2.05) is 53.2 Å². The molecule has 1 nitrogen and oxygen atoms in total. The van der Waals surface area contributed by atoms with Crippen LogP contribution < -0.4 is 0 Å². The predicted molar refractivity (Wildman–Crippen MR) is 79.4 cm³/mol. The lowest BCUT2D eigenvalue weighted by molar-refractivity contribution is 0.103. The first-order valence-corrected chi connectivity index (χ1v) is 7.24. The van der Waals surface area contributed by atoms with Crippen LogP contribution in [0.2, 0.25) is 0 Å². The third-order valence-electron chi connectivity index (χ3n) is 2.85. The normalized spacial score (nSPS) is 10.7. The second-order valence-electron chi connectivity index (χ2n) is 4.05. The number of rotatable bonds is 2. The number of fused-ring (bicyclic) bond motifs is 1. The number of halogens is 1. The van der Waals surface area contributed by atoms with Crippen molar-refractivity contribution in [3.05, 3.63) is 68.8 Å². The molecule has 0 aliphatic carbocycles. The Balaban J connectivity index is 2.09. The summed E-state index contributed by atoms with van der Waals surface area (Å²) >= 11 is 4.99. The Morgan fingerprint density at radius 2 is 1.72 bits per heavy atom. The van der Waals surface area contributed by atoms with Gasteiger partial charge in [0, 0.05) is 21.0 Å². The van der Waals surface area contributed by atoms with E-state index in [0.29, 0.717) is 0 Å². The zero-order valence-corrected chi connectivity index (χ0v) is 11.8. The van der Waals surface area contributed by atoms with E-state index in [1.165, 1.54) is 0 Å². The van der Waals surface area contributed by atoms with Crippen LogP contribution in [0, 0.1) is 0 Å². The third-order valence-corrected chi connectivity index (χ3v) is 4.02. The van der Waals surface area contributed by atoms with Crippen LogP contribution in [0.5, 0.6) is 0 Å². The molecule has 3 rings (SSSR count). The van der Waals surface area contributed by atoms with Gasteiger partial charge in [-0.25, -0.2) is 0 Å². The topological polar surface area (TPSA) is 17.1 Å². The van der Waals surface area contributed by atoms with Crippen molar-refractivity contribution in [2.45, 2.75) is 0 Å². The number of benzene rings is 2. The largest absolute Gasteiger partial charge is 0.289 e. The molecule has 0 spiro atoms. The minimum Gasteiger partial charge on any atom is -0.289 e. The molecule has 0 aliphatic rings. The van der Waals surface area contributed by atoms with Gasteiger partial charge in [-0.15, -0.1) is 0 Å². The smallest absolute Gasteiger partial charge is 0.193 e. The second-order valence-corrected chi connectivity index (χ2v) is 5.74. The lowest BCUT2D eigenvalue weighted by Gasteiger charge is -2.02. The molecule has 0 bridgehead atoms. The lowest BCUT2D eigenvalue weighted by atomic mass is 10.0. The number of carbonyl (C=O) groups is 1. The first kappa shape index (κ1) is 11.6. The van der Waals surface area contributed by atoms with Crippen LogP contribution in [0.15, 0.2) is 57.7 Å². The second kappa shape index (κ2) is 4.67. The van der Waals surface area contributed by atoms with Gasteiger partial charge in [0.1, 0.15) is 0 Å². The van der Waals surface area contributed by atoms with E-state index in [0.717, 1.165) is 26.4 Å². The van der Waals surface area contributed by atoms with Gasteiger partial charge < -0.3 is 0 Å². The highest BCUT2D eigenvalue weighted by Crippen LogP contribution is 2.22. The molecule has 0 radical (unpaired) electrons. The zero-order valence-electron chi connectivity index (χ0n) is 9.39. The summed E-state index contributed by atoms with van der Waals surface area (Å²) in [6.45, 7) is 0. The molecule has 0 atom stereocenters. The molecular weight excluding hydrogens is 308 g/mol. The van der Waals surface area contributed by atoms with Gasteiger partial charge >= 0.3 is 0 Å². The van der Waals surface area contributed by atoms with Gasteiger partial charge in [0.2, 0.25) is 0 Å². The van der Waals surface area contributed by atoms with Gasteiger partial charge in [0.05, 0.1) is 0 Å². The number of thiophene rings is 1. The van der Waals surface area contributed by atoms with Gasteiger partial charge in [-0.2, -0.15) is 11.3 Å². The molecule has 0 unspecified atom stereocenters. The predicted octanol–water partition coefficient (Wildman–Crippen LogP) is 4.89. The number of carbonyl (C=O) groups excluding carboxylic acids is 1. The fraction of sp³-hybridized carbons (Fsp3) is 0. The Bertz CT molecular complexity index is 716. The summed E-state index contributed by atoms with van der Waals surface area (Å²) in [6.07, 6.45) is 0. The van der Waals surface area contributed by atoms with Crippen molar-refractivity contribution in [2.75, 3.05) is 0 Å². The van der Waals surface area contributed by atoms with Gasteiger partial charge in [-0.3, -0.25) is 4.79 Å². The monoisotopic (exact) mass is 316 g/mol. The maximum absolute atomic E-state index is 12.2. The Hall–Kier alpha value is -1.45. The molecule has 0 aliphatic heterocycles. The molecule has 88 valence electrons. The van der Waals surface area contributed by atoms with Crippen molar-refractivity contribution < 1.29 is 4.79 Å². The van der Waals surface area contributed by atoms with E-state index in [1.54, 1.807) is 11.3 Å². The molecule has 0 N–H and O–H groups in total. The molecule has 1 aromatic heterocycles. The Labute approximate surface area is 117 Å². The number of hydrogen-bond acceptors (Lipinski definition) is 2. The van der Waals surface area contributed by atoms with Gasteiger partial charge in [-0.1, -0.05) is 34.1 Å². The van der Waals surface area contributed by atoms with Crippen molar-refractivity contribution >= 4 is 43.8 Å². The van der Waals surface area contributed by atoms with Crippen LogP contribution in [0.3, 0.4) is 0 Å². The quantitative estimate of drug-likeness (QED) is 0.615. The fourth-order valence-electron chi connectivity index (χ4n) is 1.92. The highest BCUT2D eigenvalue weighted by Gasteiger charge is 2.09. The van der Waals surface area contributed by atoms with Crippen molar-refractivity contribution in [3.8, 4) is 0 Å². The maximum Gasteiger partial charge on any atom is 0.193 e. The van der Waals surface area contributed by atoms with Gasteiger partial charge in [-0.05, 0) is 40.4 Å². The highest BCUT2D eigenvalue weighted by molar-refractivity contribution is 9.10. The van der Waals surface area contributed by atoms with E-state index < -0.39 is 0 Å². The molecule has 18 heavy (non-hydrogen) atoms. The van der Waals surface area contributed by atoms with E-state index in [-0.39, 0.29) is 5.78 Å². The molecule has 0 saturated carbocycles. The molecule has 3 aromatic rings. The highest BCUT2D eigenvalue weighted by atomic mass is 79.9. The Morgan fingerprint density at radius 3 is 2.50 bits per heavy atom. The molecule has 1 heterocycles. The van der Waals surface area contributed by atoms with Gasteiger partial charge in [0.25, 0.3) is 0 Å². The van der Waals surface area contributed by atoms with Crippen LogP contribution in [0.25, 0.3) is 10.8 Å². The van der Waals surface area contributed by atoms with Crippen molar-refractivity contribution in [2.24, 2.45) is 0 Å². The van der Waals surface area contributed by atoms with Crippen LogP contribution >= 0.6 is 27.3 Å². The minimum absolute atomic E-state index is 0.0843. The standard InChI is InChI=1S/C15H9BrOS/c16-14-4-3-10-7-12(2-1-11(10)8-14)15(17)13-5-6-18-9-13/h1-9H. The first-order valence-electron chi connectivity index (χ1n) is 5.50. The number of hydrogen-bond donors (Lipinski definition) is 0. The van der Waals surface area contributed by atoms with Crippen molar-refractivity contribution in [1.82, 2.24) is 0 Å². The van der Waals surface area contributed by atoms with Gasteiger partial charge in [0.15, 0.2) is 5.78 Å². The molecule has 3 heteroatoms. The van der Waals surface area contributed by atoms with Crippen molar-refractivity contribution in [1.29, 1.82) is 0 Å². The Morgan fingerprint density at radius 1 is 0.944 bits per heavy atom. The average Bonchev–Trinajstić information content (AvgIpc) is 2.91. The summed E-state index contributed by atoms with van der Waals surface area (Å²) in [5.74, 6) is 0.0843. The summed E-state index contributed by atoms with van der Waals surface area (Å²) in [5.41, 5.74) is 1.50. The summed E-state index contributed by atoms with van der Waals surface area (Å²) in [5, 5.41) is 6.02. The SMILES string of the molecule is O=C(c1ccsc1)c1ccc2cc(Br)ccc2c1. The van der Waals surface area contributed by atoms with Crippen LogP contribution in [0.1, 0.15) is 15.9 Å².